The van der Waals surface area contributed by atoms with Crippen LogP contribution in [0.4, 0.5) is 30.9 Å². The number of halogens is 2. The van der Waals surface area contributed by atoms with Gasteiger partial charge in [0, 0.05) is 42.6 Å². The van der Waals surface area contributed by atoms with E-state index in [1.54, 1.807) is 67.1 Å². The molecule has 5 rings (SSSR count). The van der Waals surface area contributed by atoms with Gasteiger partial charge in [-0.05, 0) is 80.4 Å². The normalized spacial score (nSPS) is 18.9. The minimum absolute atomic E-state index is 0.0351. The molecule has 2 aliphatic rings. The molecule has 2 aliphatic heterocycles. The number of fused-ring (bicyclic) bond motifs is 1. The number of carbonyl (C=O) groups excluding carboxylic acids is 1. The van der Waals surface area contributed by atoms with Crippen molar-refractivity contribution in [3.8, 4) is 23.4 Å². The van der Waals surface area contributed by atoms with Gasteiger partial charge in [0.15, 0.2) is 8.32 Å². The molecule has 0 aliphatic carbocycles. The van der Waals surface area contributed by atoms with E-state index in [-0.39, 0.29) is 37.2 Å². The molecule has 10 nitrogen and oxygen atoms in total. The summed E-state index contributed by atoms with van der Waals surface area (Å²) in [6.45, 7) is 18.5. The highest BCUT2D eigenvalue weighted by Gasteiger charge is 2.47. The second-order valence-electron chi connectivity index (χ2n) is 16.1. The number of aromatic nitrogens is 2. The summed E-state index contributed by atoms with van der Waals surface area (Å²) in [5.74, 6) is -2.47. The summed E-state index contributed by atoms with van der Waals surface area (Å²) in [5.41, 5.74) is 2.97. The first-order valence-corrected chi connectivity index (χ1v) is 19.5. The first-order chi connectivity index (χ1) is 23.1. The molecule has 0 radical (unpaired) electrons. The number of ether oxygens (including phenoxy) is 1. The number of nitrogens with zero attached hydrogens (tertiary/aromatic N) is 6. The van der Waals surface area contributed by atoms with Crippen LogP contribution in [-0.2, 0) is 21.1 Å². The summed E-state index contributed by atoms with van der Waals surface area (Å²) in [4.78, 5) is 25.9. The van der Waals surface area contributed by atoms with E-state index in [0.717, 1.165) is 11.1 Å². The fourth-order valence-corrected chi connectivity index (χ4v) is 6.96. The number of alkyl halides is 2. The van der Waals surface area contributed by atoms with Gasteiger partial charge in [-0.1, -0.05) is 33.8 Å². The molecule has 1 saturated heterocycles. The van der Waals surface area contributed by atoms with E-state index in [0.29, 0.717) is 40.4 Å². The Morgan fingerprint density at radius 3 is 2.34 bits per heavy atom. The van der Waals surface area contributed by atoms with Crippen molar-refractivity contribution < 1.29 is 22.7 Å². The van der Waals surface area contributed by atoms with Crippen molar-refractivity contribution in [1.29, 1.82) is 10.5 Å². The molecule has 1 aromatic heterocycles. The van der Waals surface area contributed by atoms with E-state index in [1.165, 1.54) is 0 Å². The molecule has 0 bridgehead atoms. The maximum atomic E-state index is 13.6. The van der Waals surface area contributed by atoms with Gasteiger partial charge in [0.1, 0.15) is 11.7 Å². The number of anilines is 3. The zero-order chi connectivity index (χ0) is 36.9. The lowest BCUT2D eigenvalue weighted by Gasteiger charge is -2.39. The van der Waals surface area contributed by atoms with Crippen LogP contribution in [0.5, 0.6) is 0 Å². The van der Waals surface area contributed by atoms with Crippen LogP contribution in [0.1, 0.15) is 70.7 Å². The molecule has 1 amide bonds. The summed E-state index contributed by atoms with van der Waals surface area (Å²) in [6.07, 6.45) is 1.05. The lowest BCUT2D eigenvalue weighted by molar-refractivity contribution is -0.133. The Balaban J connectivity index is 1.53. The van der Waals surface area contributed by atoms with Gasteiger partial charge in [-0.2, -0.15) is 10.5 Å². The summed E-state index contributed by atoms with van der Waals surface area (Å²) >= 11 is 0. The van der Waals surface area contributed by atoms with Crippen LogP contribution in [0.2, 0.25) is 18.1 Å². The van der Waals surface area contributed by atoms with Gasteiger partial charge in [0.25, 0.3) is 5.92 Å². The van der Waals surface area contributed by atoms with E-state index < -0.39 is 31.3 Å². The maximum Gasteiger partial charge on any atom is 0.414 e. The van der Waals surface area contributed by atoms with Gasteiger partial charge in [-0.15, -0.1) is 0 Å². The van der Waals surface area contributed by atoms with E-state index in [4.69, 9.17) is 14.1 Å². The number of rotatable bonds is 8. The minimum atomic E-state index is -2.70. The zero-order valence-corrected chi connectivity index (χ0v) is 31.2. The molecule has 2 aromatic carbocycles. The van der Waals surface area contributed by atoms with Gasteiger partial charge in [0.2, 0.25) is 5.95 Å². The molecule has 13 heteroatoms. The van der Waals surface area contributed by atoms with Gasteiger partial charge in [0.05, 0.1) is 41.7 Å². The molecule has 1 fully saturated rings. The summed E-state index contributed by atoms with van der Waals surface area (Å²) in [6, 6.07) is 14.8. The third-order valence-corrected chi connectivity index (χ3v) is 14.0. The minimum Gasteiger partial charge on any atom is -0.443 e. The number of benzene rings is 2. The quantitative estimate of drug-likeness (QED) is 0.232. The highest BCUT2D eigenvalue weighted by Crippen LogP contribution is 2.47. The third kappa shape index (κ3) is 7.81. The van der Waals surface area contributed by atoms with Crippen LogP contribution < -0.4 is 10.2 Å². The fourth-order valence-electron chi connectivity index (χ4n) is 5.85. The van der Waals surface area contributed by atoms with Crippen LogP contribution >= 0.6 is 0 Å². The molecule has 3 aromatic rings. The van der Waals surface area contributed by atoms with Crippen LogP contribution in [-0.4, -0.2) is 67.0 Å². The predicted molar refractivity (Wildman–Crippen MR) is 191 cm³/mol. The summed E-state index contributed by atoms with van der Waals surface area (Å²) < 4.78 is 39.6. The average Bonchev–Trinajstić information content (AvgIpc) is 3.31. The van der Waals surface area contributed by atoms with Crippen molar-refractivity contribution in [3.63, 3.8) is 0 Å². The zero-order valence-electron chi connectivity index (χ0n) is 30.2. The SMILES string of the molecule is CC(C)(C)OC(=O)N1C[C@](C)(CO[Si](C)(C)C(C)(C)C)c2cc(-c3ccnc(Nc4cc(C#N)ccc4CN4CC(F)(F)C4)n3)cc(C#N)c21. The Hall–Kier alpha value is -4.43. The Morgan fingerprint density at radius 2 is 1.74 bits per heavy atom. The second-order valence-corrected chi connectivity index (χ2v) is 20.9. The summed E-state index contributed by atoms with van der Waals surface area (Å²) in [7, 11) is -2.19. The van der Waals surface area contributed by atoms with Gasteiger partial charge in [-0.3, -0.25) is 9.80 Å². The van der Waals surface area contributed by atoms with Crippen molar-refractivity contribution in [2.45, 2.75) is 90.1 Å². The molecular formula is C37H45F2N7O3Si. The number of amides is 1. The lowest BCUT2D eigenvalue weighted by Crippen LogP contribution is -2.55. The van der Waals surface area contributed by atoms with Gasteiger partial charge in [-0.25, -0.2) is 23.5 Å². The molecule has 0 spiro atoms. The molecule has 1 atom stereocenters. The predicted octanol–water partition coefficient (Wildman–Crippen LogP) is 8.12. The Labute approximate surface area is 294 Å². The van der Waals surface area contributed by atoms with Crippen molar-refractivity contribution in [2.75, 3.05) is 36.5 Å². The van der Waals surface area contributed by atoms with Gasteiger partial charge >= 0.3 is 6.09 Å². The van der Waals surface area contributed by atoms with E-state index in [9.17, 15) is 24.1 Å². The second kappa shape index (κ2) is 13.0. The van der Waals surface area contributed by atoms with E-state index >= 15 is 0 Å². The highest BCUT2D eigenvalue weighted by molar-refractivity contribution is 6.74. The maximum absolute atomic E-state index is 13.6. The van der Waals surface area contributed by atoms with E-state index in [1.807, 2.05) is 13.0 Å². The molecule has 50 heavy (non-hydrogen) atoms. The number of hydrogen-bond donors (Lipinski definition) is 1. The molecule has 1 N–H and O–H groups in total. The Kier molecular flexibility index (Phi) is 9.60. The number of nitrogens with one attached hydrogen (secondary N) is 1. The lowest BCUT2D eigenvalue weighted by atomic mass is 9.83. The van der Waals surface area contributed by atoms with Crippen molar-refractivity contribution >= 4 is 31.7 Å². The smallest absolute Gasteiger partial charge is 0.414 e. The van der Waals surface area contributed by atoms with E-state index in [2.05, 4.69) is 56.3 Å². The van der Waals surface area contributed by atoms with Crippen molar-refractivity contribution in [3.05, 3.63) is 64.8 Å². The number of carbonyl (C=O) groups is 1. The summed E-state index contributed by atoms with van der Waals surface area (Å²) in [5, 5.41) is 23.1. The fraction of sp³-hybridized carbons (Fsp3) is 0.486. The Morgan fingerprint density at radius 1 is 1.04 bits per heavy atom. The molecular weight excluding hydrogens is 657 g/mol. The highest BCUT2D eigenvalue weighted by atomic mass is 28.4. The number of hydrogen-bond acceptors (Lipinski definition) is 9. The molecule has 264 valence electrons. The third-order valence-electron chi connectivity index (χ3n) is 9.57. The van der Waals surface area contributed by atoms with Crippen LogP contribution in [0.3, 0.4) is 0 Å². The van der Waals surface area contributed by atoms with Crippen LogP contribution in [0, 0.1) is 22.7 Å². The number of nitriles is 2. The van der Waals surface area contributed by atoms with Crippen molar-refractivity contribution in [1.82, 2.24) is 14.9 Å². The van der Waals surface area contributed by atoms with Crippen molar-refractivity contribution in [2.24, 2.45) is 0 Å². The standard InChI is InChI=1S/C37H45F2N7O3Si/c1-34(2,3)49-33(47)46-20-36(7,23-48-50(8,9)35(4,5)6)28-16-26(15-27(18-41)31(28)46)29-12-13-42-32(43-29)44-30-14-24(17-40)10-11-25(30)19-45-21-37(38,39)22-45/h10-16H,19-23H2,1-9H3,(H,42,43,44)/t36-/m1/s1. The largest absolute Gasteiger partial charge is 0.443 e. The average molecular weight is 702 g/mol. The monoisotopic (exact) mass is 701 g/mol. The first kappa shape index (κ1) is 36.8. The topological polar surface area (TPSA) is 127 Å². The van der Waals surface area contributed by atoms with Gasteiger partial charge < -0.3 is 14.5 Å². The number of likely N-dealkylation sites (tertiary alicyclic amines) is 1. The molecule has 0 saturated carbocycles. The van der Waals surface area contributed by atoms with Crippen LogP contribution in [0.15, 0.2) is 42.6 Å². The molecule has 3 heterocycles. The Bertz CT molecular complexity index is 1880. The molecule has 0 unspecified atom stereocenters. The first-order valence-electron chi connectivity index (χ1n) is 16.6. The van der Waals surface area contributed by atoms with Crippen LogP contribution in [0.25, 0.3) is 11.3 Å².